The maximum atomic E-state index is 13.3. The first-order chi connectivity index (χ1) is 14.3. The van der Waals surface area contributed by atoms with Crippen LogP contribution in [0.4, 0.5) is 0 Å². The molecule has 2 heterocycles. The summed E-state index contributed by atoms with van der Waals surface area (Å²) in [6.07, 6.45) is 5.82. The number of amides is 1. The highest BCUT2D eigenvalue weighted by Gasteiger charge is 2.30. The van der Waals surface area contributed by atoms with E-state index in [0.29, 0.717) is 13.1 Å². The Labute approximate surface area is 170 Å². The molecule has 1 aliphatic heterocycles. The minimum Gasteiger partial charge on any atom is -0.338 e. The van der Waals surface area contributed by atoms with Crippen LogP contribution < -0.4 is 0 Å². The Morgan fingerprint density at radius 1 is 0.966 bits per heavy atom. The molecule has 1 fully saturated rings. The van der Waals surface area contributed by atoms with Gasteiger partial charge in [0.25, 0.3) is 5.91 Å². The van der Waals surface area contributed by atoms with Crippen LogP contribution in [0.2, 0.25) is 0 Å². The van der Waals surface area contributed by atoms with E-state index in [-0.39, 0.29) is 5.91 Å². The van der Waals surface area contributed by atoms with Gasteiger partial charge in [-0.3, -0.25) is 9.69 Å². The predicted octanol–water partition coefficient (Wildman–Crippen LogP) is 2.12. The molecule has 1 aliphatic rings. The monoisotopic (exact) mass is 388 g/mol. The van der Waals surface area contributed by atoms with Crippen molar-refractivity contribution >= 4 is 12.0 Å². The van der Waals surface area contributed by atoms with Gasteiger partial charge in [-0.05, 0) is 21.6 Å². The van der Waals surface area contributed by atoms with E-state index in [0.717, 1.165) is 25.2 Å². The molecule has 7 nitrogen and oxygen atoms in total. The molecule has 0 radical (unpaired) electrons. The summed E-state index contributed by atoms with van der Waals surface area (Å²) in [5.74, 6) is 0.0305. The van der Waals surface area contributed by atoms with Gasteiger partial charge in [-0.25, -0.2) is 4.68 Å². The van der Waals surface area contributed by atoms with Crippen LogP contribution in [-0.4, -0.2) is 68.6 Å². The number of carbonyl (C=O) groups is 1. The molecule has 1 aromatic heterocycles. The van der Waals surface area contributed by atoms with E-state index in [1.807, 2.05) is 53.4 Å². The fourth-order valence-corrected chi connectivity index (χ4v) is 3.56. The molecule has 0 aliphatic carbocycles. The van der Waals surface area contributed by atoms with Crippen LogP contribution in [-0.2, 0) is 4.79 Å². The summed E-state index contributed by atoms with van der Waals surface area (Å²) in [5.41, 5.74) is 2.09. The Hall–Kier alpha value is -3.32. The van der Waals surface area contributed by atoms with E-state index in [2.05, 4.69) is 44.7 Å². The molecule has 3 aromatic rings. The average molecular weight is 388 g/mol. The van der Waals surface area contributed by atoms with Crippen LogP contribution >= 0.6 is 0 Å². The van der Waals surface area contributed by atoms with Gasteiger partial charge in [0.15, 0.2) is 6.04 Å². The standard InChI is InChI=1S/C22H24N6O/c29-22(21(28-18-23-24-25-28)20-11-5-2-6-12-20)27-16-14-26(15-17-27)13-7-10-19-8-3-1-4-9-19/h1-12,18,21H,13-17H2/t21-/m1/s1. The lowest BCUT2D eigenvalue weighted by Crippen LogP contribution is -2.50. The van der Waals surface area contributed by atoms with Gasteiger partial charge in [0.2, 0.25) is 0 Å². The van der Waals surface area contributed by atoms with Crippen molar-refractivity contribution < 1.29 is 4.79 Å². The summed E-state index contributed by atoms with van der Waals surface area (Å²) in [6, 6.07) is 19.4. The zero-order valence-corrected chi connectivity index (χ0v) is 16.2. The molecule has 2 aromatic carbocycles. The molecule has 1 amide bonds. The molecule has 148 valence electrons. The fourth-order valence-electron chi connectivity index (χ4n) is 3.56. The van der Waals surface area contributed by atoms with Gasteiger partial charge in [0.1, 0.15) is 6.33 Å². The summed E-state index contributed by atoms with van der Waals surface area (Å²) in [7, 11) is 0. The van der Waals surface area contributed by atoms with Crippen molar-refractivity contribution in [3.8, 4) is 0 Å². The molecular formula is C22H24N6O. The molecule has 1 saturated heterocycles. The number of piperazine rings is 1. The van der Waals surface area contributed by atoms with Crippen LogP contribution in [0.15, 0.2) is 73.1 Å². The summed E-state index contributed by atoms with van der Waals surface area (Å²) in [4.78, 5) is 17.6. The lowest BCUT2D eigenvalue weighted by molar-refractivity contribution is -0.135. The van der Waals surface area contributed by atoms with Gasteiger partial charge in [-0.1, -0.05) is 72.8 Å². The van der Waals surface area contributed by atoms with E-state index in [1.54, 1.807) is 0 Å². The first-order valence-corrected chi connectivity index (χ1v) is 9.81. The van der Waals surface area contributed by atoms with E-state index < -0.39 is 6.04 Å². The Morgan fingerprint density at radius 3 is 2.31 bits per heavy atom. The third-order valence-electron chi connectivity index (χ3n) is 5.14. The molecule has 29 heavy (non-hydrogen) atoms. The van der Waals surface area contributed by atoms with Crippen LogP contribution in [0.5, 0.6) is 0 Å². The fraction of sp³-hybridized carbons (Fsp3) is 0.273. The van der Waals surface area contributed by atoms with Crippen molar-refractivity contribution in [2.24, 2.45) is 0 Å². The van der Waals surface area contributed by atoms with Crippen molar-refractivity contribution in [1.82, 2.24) is 30.0 Å². The molecule has 0 N–H and O–H groups in total. The quantitative estimate of drug-likeness (QED) is 0.647. The zero-order valence-electron chi connectivity index (χ0n) is 16.2. The summed E-state index contributed by atoms with van der Waals surface area (Å²) in [5, 5.41) is 11.4. The second-order valence-corrected chi connectivity index (χ2v) is 7.04. The normalized spacial score (nSPS) is 16.2. The van der Waals surface area contributed by atoms with E-state index in [1.165, 1.54) is 16.6 Å². The Kier molecular flexibility index (Phi) is 6.07. The van der Waals surface area contributed by atoms with Crippen molar-refractivity contribution in [3.05, 3.63) is 84.2 Å². The summed E-state index contributed by atoms with van der Waals surface area (Å²) < 4.78 is 1.53. The number of benzene rings is 2. The molecule has 0 bridgehead atoms. The smallest absolute Gasteiger partial charge is 0.252 e. The maximum Gasteiger partial charge on any atom is 0.252 e. The molecule has 0 unspecified atom stereocenters. The van der Waals surface area contributed by atoms with Crippen molar-refractivity contribution in [1.29, 1.82) is 0 Å². The van der Waals surface area contributed by atoms with E-state index in [4.69, 9.17) is 0 Å². The van der Waals surface area contributed by atoms with Gasteiger partial charge in [0, 0.05) is 32.7 Å². The highest BCUT2D eigenvalue weighted by atomic mass is 16.2. The number of rotatable bonds is 6. The van der Waals surface area contributed by atoms with Crippen LogP contribution in [0, 0.1) is 0 Å². The molecule has 7 heteroatoms. The Morgan fingerprint density at radius 2 is 1.66 bits per heavy atom. The average Bonchev–Trinajstić information content (AvgIpc) is 3.30. The van der Waals surface area contributed by atoms with Crippen LogP contribution in [0.1, 0.15) is 17.2 Å². The third-order valence-corrected chi connectivity index (χ3v) is 5.14. The van der Waals surface area contributed by atoms with Gasteiger partial charge >= 0.3 is 0 Å². The third kappa shape index (κ3) is 4.75. The number of carbonyl (C=O) groups excluding carboxylic acids is 1. The summed E-state index contributed by atoms with van der Waals surface area (Å²) in [6.45, 7) is 3.98. The van der Waals surface area contributed by atoms with E-state index >= 15 is 0 Å². The SMILES string of the molecule is O=C([C@@H](c1ccccc1)n1cnnn1)N1CCN(CC=Cc2ccccc2)CC1. The number of nitrogens with zero attached hydrogens (tertiary/aromatic N) is 6. The van der Waals surface area contributed by atoms with Gasteiger partial charge < -0.3 is 4.90 Å². The van der Waals surface area contributed by atoms with Crippen molar-refractivity contribution in [2.75, 3.05) is 32.7 Å². The Bertz CT molecular complexity index is 918. The summed E-state index contributed by atoms with van der Waals surface area (Å²) >= 11 is 0. The first kappa shape index (κ1) is 19.0. The minimum absolute atomic E-state index is 0.0305. The van der Waals surface area contributed by atoms with Gasteiger partial charge in [0.05, 0.1) is 0 Å². The maximum absolute atomic E-state index is 13.3. The van der Waals surface area contributed by atoms with Crippen molar-refractivity contribution in [2.45, 2.75) is 6.04 Å². The first-order valence-electron chi connectivity index (χ1n) is 9.81. The topological polar surface area (TPSA) is 67.2 Å². The predicted molar refractivity (Wildman–Crippen MR) is 111 cm³/mol. The molecule has 4 rings (SSSR count). The lowest BCUT2D eigenvalue weighted by atomic mass is 10.1. The second kappa shape index (κ2) is 9.25. The van der Waals surface area contributed by atoms with Crippen LogP contribution in [0.25, 0.3) is 6.08 Å². The number of hydrogen-bond acceptors (Lipinski definition) is 5. The van der Waals surface area contributed by atoms with Crippen LogP contribution in [0.3, 0.4) is 0 Å². The zero-order chi connectivity index (χ0) is 19.9. The lowest BCUT2D eigenvalue weighted by Gasteiger charge is -2.35. The molecule has 1 atom stereocenters. The molecular weight excluding hydrogens is 364 g/mol. The molecule has 0 saturated carbocycles. The molecule has 0 spiro atoms. The number of aromatic nitrogens is 4. The number of hydrogen-bond donors (Lipinski definition) is 0. The van der Waals surface area contributed by atoms with Crippen molar-refractivity contribution in [3.63, 3.8) is 0 Å². The minimum atomic E-state index is -0.532. The Balaban J connectivity index is 1.37. The van der Waals surface area contributed by atoms with Gasteiger partial charge in [-0.2, -0.15) is 0 Å². The highest BCUT2D eigenvalue weighted by Crippen LogP contribution is 2.20. The highest BCUT2D eigenvalue weighted by molar-refractivity contribution is 5.83. The van der Waals surface area contributed by atoms with Gasteiger partial charge in [-0.15, -0.1) is 5.10 Å². The second-order valence-electron chi connectivity index (χ2n) is 7.04. The van der Waals surface area contributed by atoms with E-state index in [9.17, 15) is 4.79 Å². The number of tetrazole rings is 1. The largest absolute Gasteiger partial charge is 0.338 e.